The maximum atomic E-state index is 12.1. The smallest absolute Gasteiger partial charge is 0.363 e. The van der Waals surface area contributed by atoms with Gasteiger partial charge in [-0.3, -0.25) is 9.78 Å². The minimum absolute atomic E-state index is 0.132. The van der Waals surface area contributed by atoms with Crippen LogP contribution in [0.25, 0.3) is 0 Å². The number of rotatable bonds is 4. The zero-order valence-corrected chi connectivity index (χ0v) is 13.5. The molecular formula is C19H15N3O3. The second-order valence-electron chi connectivity index (χ2n) is 5.28. The monoisotopic (exact) mass is 333 g/mol. The summed E-state index contributed by atoms with van der Waals surface area (Å²) < 4.78 is 5.23. The Morgan fingerprint density at radius 1 is 0.920 bits per heavy atom. The third kappa shape index (κ3) is 4.26. The first-order valence-corrected chi connectivity index (χ1v) is 7.59. The van der Waals surface area contributed by atoms with Crippen LogP contribution in [0, 0.1) is 6.92 Å². The van der Waals surface area contributed by atoms with E-state index in [0.29, 0.717) is 17.0 Å². The summed E-state index contributed by atoms with van der Waals surface area (Å²) in [5, 5.41) is 2.77. The number of benzene rings is 2. The molecule has 124 valence electrons. The van der Waals surface area contributed by atoms with Crippen LogP contribution in [0.5, 0.6) is 5.75 Å². The maximum Gasteiger partial charge on any atom is 0.363 e. The third-order valence-electron chi connectivity index (χ3n) is 3.35. The number of aromatic nitrogens is 2. The Morgan fingerprint density at radius 3 is 2.28 bits per heavy atom. The van der Waals surface area contributed by atoms with Crippen LogP contribution in [0.2, 0.25) is 0 Å². The largest absolute Gasteiger partial charge is 0.422 e. The molecule has 25 heavy (non-hydrogen) atoms. The van der Waals surface area contributed by atoms with Gasteiger partial charge in [-0.15, -0.1) is 0 Å². The third-order valence-corrected chi connectivity index (χ3v) is 3.35. The molecule has 6 nitrogen and oxygen atoms in total. The Balaban J connectivity index is 1.63. The van der Waals surface area contributed by atoms with Crippen LogP contribution in [-0.4, -0.2) is 21.8 Å². The second-order valence-corrected chi connectivity index (χ2v) is 5.28. The first-order chi connectivity index (χ1) is 12.1. The molecule has 1 amide bonds. The van der Waals surface area contributed by atoms with Crippen LogP contribution >= 0.6 is 0 Å². The number of aryl methyl sites for hydroxylation is 1. The quantitative estimate of drug-likeness (QED) is 0.585. The van der Waals surface area contributed by atoms with Gasteiger partial charge in [0.25, 0.3) is 5.91 Å². The molecule has 0 fully saturated rings. The number of ether oxygens (including phenoxy) is 1. The van der Waals surface area contributed by atoms with Crippen LogP contribution in [0.3, 0.4) is 0 Å². The van der Waals surface area contributed by atoms with Gasteiger partial charge in [0.15, 0.2) is 5.69 Å². The number of nitrogens with zero attached hydrogens (tertiary/aromatic N) is 2. The van der Waals surface area contributed by atoms with Gasteiger partial charge in [-0.05, 0) is 43.3 Å². The molecule has 0 aliphatic heterocycles. The fourth-order valence-corrected chi connectivity index (χ4v) is 2.06. The van der Waals surface area contributed by atoms with Gasteiger partial charge in [0, 0.05) is 17.4 Å². The molecule has 1 aromatic heterocycles. The zero-order valence-electron chi connectivity index (χ0n) is 13.5. The van der Waals surface area contributed by atoms with E-state index in [9.17, 15) is 9.59 Å². The van der Waals surface area contributed by atoms with E-state index in [1.165, 1.54) is 12.4 Å². The summed E-state index contributed by atoms with van der Waals surface area (Å²) in [6, 6.07) is 15.4. The second kappa shape index (κ2) is 7.35. The number of hydrogen-bond acceptors (Lipinski definition) is 5. The Labute approximate surface area is 144 Å². The summed E-state index contributed by atoms with van der Waals surface area (Å²) in [5.41, 5.74) is 2.02. The molecule has 0 unspecified atom stereocenters. The topological polar surface area (TPSA) is 81.2 Å². The number of anilines is 1. The van der Waals surface area contributed by atoms with Gasteiger partial charge in [0.05, 0.1) is 11.9 Å². The number of nitrogens with one attached hydrogen (secondary N) is 1. The maximum absolute atomic E-state index is 12.1. The lowest BCUT2D eigenvalue weighted by molar-refractivity contribution is 0.0727. The lowest BCUT2D eigenvalue weighted by atomic mass is 10.2. The zero-order chi connectivity index (χ0) is 17.6. The Kier molecular flexibility index (Phi) is 4.80. The van der Waals surface area contributed by atoms with Crippen molar-refractivity contribution in [3.63, 3.8) is 0 Å². The molecule has 1 N–H and O–H groups in total. The summed E-state index contributed by atoms with van der Waals surface area (Å²) >= 11 is 0. The molecule has 0 spiro atoms. The van der Waals surface area contributed by atoms with E-state index in [-0.39, 0.29) is 11.6 Å². The van der Waals surface area contributed by atoms with E-state index in [1.54, 1.807) is 55.5 Å². The summed E-state index contributed by atoms with van der Waals surface area (Å²) in [6.07, 6.45) is 2.87. The van der Waals surface area contributed by atoms with E-state index < -0.39 is 5.97 Å². The first kappa shape index (κ1) is 16.3. The van der Waals surface area contributed by atoms with Crippen molar-refractivity contribution in [2.24, 2.45) is 0 Å². The van der Waals surface area contributed by atoms with Crippen LogP contribution in [-0.2, 0) is 0 Å². The molecule has 6 heteroatoms. The lowest BCUT2D eigenvalue weighted by Crippen LogP contribution is -2.12. The van der Waals surface area contributed by atoms with Crippen LogP contribution in [0.4, 0.5) is 5.69 Å². The number of amides is 1. The van der Waals surface area contributed by atoms with Crippen LogP contribution in [0.1, 0.15) is 26.5 Å². The van der Waals surface area contributed by atoms with Crippen molar-refractivity contribution >= 4 is 17.6 Å². The Bertz CT molecular complexity index is 876. The average molecular weight is 333 g/mol. The van der Waals surface area contributed by atoms with E-state index in [4.69, 9.17) is 4.74 Å². The van der Waals surface area contributed by atoms with Gasteiger partial charge in [-0.2, -0.15) is 0 Å². The van der Waals surface area contributed by atoms with Gasteiger partial charge in [0.1, 0.15) is 5.75 Å². The van der Waals surface area contributed by atoms with Crippen molar-refractivity contribution in [2.45, 2.75) is 6.92 Å². The summed E-state index contributed by atoms with van der Waals surface area (Å²) in [5.74, 6) is -0.445. The predicted octanol–water partition coefficient (Wildman–Crippen LogP) is 3.26. The highest BCUT2D eigenvalue weighted by Crippen LogP contribution is 2.17. The SMILES string of the molecule is Cc1cnc(C(=O)Oc2ccc(NC(=O)c3ccccc3)cc2)cn1. The van der Waals surface area contributed by atoms with Crippen molar-refractivity contribution in [1.29, 1.82) is 0 Å². The van der Waals surface area contributed by atoms with Gasteiger partial charge < -0.3 is 10.1 Å². The highest BCUT2D eigenvalue weighted by molar-refractivity contribution is 6.04. The highest BCUT2D eigenvalue weighted by Gasteiger charge is 2.11. The van der Waals surface area contributed by atoms with Crippen molar-refractivity contribution in [2.75, 3.05) is 5.32 Å². The molecule has 0 aliphatic carbocycles. The van der Waals surface area contributed by atoms with Crippen molar-refractivity contribution in [3.8, 4) is 5.75 Å². The molecule has 0 saturated carbocycles. The van der Waals surface area contributed by atoms with Crippen molar-refractivity contribution < 1.29 is 14.3 Å². The molecule has 1 heterocycles. The van der Waals surface area contributed by atoms with Gasteiger partial charge in [-0.1, -0.05) is 18.2 Å². The molecule has 0 saturated heterocycles. The molecule has 3 aromatic rings. The molecule has 0 radical (unpaired) electrons. The molecule has 0 aliphatic rings. The van der Waals surface area contributed by atoms with Crippen LogP contribution < -0.4 is 10.1 Å². The first-order valence-electron chi connectivity index (χ1n) is 7.59. The number of carbonyl (C=O) groups excluding carboxylic acids is 2. The Hall–Kier alpha value is -3.54. The standard InChI is InChI=1S/C19H15N3O3/c1-13-11-21-17(12-20-13)19(24)25-16-9-7-15(8-10-16)22-18(23)14-5-3-2-4-6-14/h2-12H,1H3,(H,22,23). The molecular weight excluding hydrogens is 318 g/mol. The number of carbonyl (C=O) groups is 2. The predicted molar refractivity (Wildman–Crippen MR) is 92.6 cm³/mol. The summed E-state index contributed by atoms with van der Waals surface area (Å²) in [7, 11) is 0. The molecule has 2 aromatic carbocycles. The number of esters is 1. The summed E-state index contributed by atoms with van der Waals surface area (Å²) in [6.45, 7) is 1.78. The minimum Gasteiger partial charge on any atom is -0.422 e. The molecule has 3 rings (SSSR count). The van der Waals surface area contributed by atoms with E-state index in [2.05, 4.69) is 15.3 Å². The molecule has 0 bridgehead atoms. The fourth-order valence-electron chi connectivity index (χ4n) is 2.06. The average Bonchev–Trinajstić information content (AvgIpc) is 2.64. The minimum atomic E-state index is -0.589. The number of hydrogen-bond donors (Lipinski definition) is 1. The highest BCUT2D eigenvalue weighted by atomic mass is 16.5. The van der Waals surface area contributed by atoms with Gasteiger partial charge in [0.2, 0.25) is 0 Å². The van der Waals surface area contributed by atoms with Crippen LogP contribution in [0.15, 0.2) is 67.0 Å². The fraction of sp³-hybridized carbons (Fsp3) is 0.0526. The van der Waals surface area contributed by atoms with Gasteiger partial charge in [-0.25, -0.2) is 9.78 Å². The van der Waals surface area contributed by atoms with Gasteiger partial charge >= 0.3 is 5.97 Å². The van der Waals surface area contributed by atoms with E-state index in [0.717, 1.165) is 5.69 Å². The van der Waals surface area contributed by atoms with Crippen molar-refractivity contribution in [1.82, 2.24) is 9.97 Å². The van der Waals surface area contributed by atoms with Crippen molar-refractivity contribution in [3.05, 3.63) is 83.9 Å². The lowest BCUT2D eigenvalue weighted by Gasteiger charge is -2.07. The van der Waals surface area contributed by atoms with E-state index >= 15 is 0 Å². The summed E-state index contributed by atoms with van der Waals surface area (Å²) in [4.78, 5) is 32.0. The van der Waals surface area contributed by atoms with E-state index in [1.807, 2.05) is 6.07 Å². The Morgan fingerprint density at radius 2 is 1.64 bits per heavy atom. The molecule has 0 atom stereocenters. The normalized spacial score (nSPS) is 10.1.